The van der Waals surface area contributed by atoms with Gasteiger partial charge in [0.05, 0.1) is 11.1 Å². The SMILES string of the molecule is O=Cc1cc2cccc(Cc3ccccc3)c2nc1Cl. The van der Waals surface area contributed by atoms with E-state index in [2.05, 4.69) is 17.1 Å². The van der Waals surface area contributed by atoms with Crippen molar-refractivity contribution >= 4 is 28.8 Å². The zero-order valence-electron chi connectivity index (χ0n) is 10.7. The minimum atomic E-state index is 0.257. The number of carbonyl (C=O) groups excluding carboxylic acids is 1. The number of aromatic nitrogens is 1. The summed E-state index contributed by atoms with van der Waals surface area (Å²) in [5.41, 5.74) is 3.61. The van der Waals surface area contributed by atoms with Crippen LogP contribution in [-0.2, 0) is 6.42 Å². The number of benzene rings is 2. The fourth-order valence-corrected chi connectivity index (χ4v) is 2.48. The Kier molecular flexibility index (Phi) is 3.48. The highest BCUT2D eigenvalue weighted by molar-refractivity contribution is 6.32. The van der Waals surface area contributed by atoms with E-state index < -0.39 is 0 Å². The summed E-state index contributed by atoms with van der Waals surface area (Å²) in [4.78, 5) is 15.3. The summed E-state index contributed by atoms with van der Waals surface area (Å²) < 4.78 is 0. The molecule has 3 heteroatoms. The third kappa shape index (κ3) is 2.43. The van der Waals surface area contributed by atoms with E-state index in [1.807, 2.05) is 36.4 Å². The molecule has 0 unspecified atom stereocenters. The molecule has 0 radical (unpaired) electrons. The van der Waals surface area contributed by atoms with E-state index in [4.69, 9.17) is 11.6 Å². The lowest BCUT2D eigenvalue weighted by Gasteiger charge is -2.07. The quantitative estimate of drug-likeness (QED) is 0.529. The number of rotatable bonds is 3. The van der Waals surface area contributed by atoms with Crippen LogP contribution >= 0.6 is 11.6 Å². The van der Waals surface area contributed by atoms with Gasteiger partial charge in [-0.3, -0.25) is 4.79 Å². The second-order valence-corrected chi connectivity index (χ2v) is 5.00. The molecule has 0 N–H and O–H groups in total. The third-order valence-electron chi connectivity index (χ3n) is 3.27. The zero-order chi connectivity index (χ0) is 13.9. The molecule has 2 aromatic carbocycles. The summed E-state index contributed by atoms with van der Waals surface area (Å²) in [5.74, 6) is 0. The Morgan fingerprint density at radius 1 is 1.05 bits per heavy atom. The Balaban J connectivity index is 2.12. The highest BCUT2D eigenvalue weighted by Gasteiger charge is 2.08. The maximum atomic E-state index is 10.9. The minimum Gasteiger partial charge on any atom is -0.298 e. The smallest absolute Gasteiger partial charge is 0.153 e. The van der Waals surface area contributed by atoms with Crippen LogP contribution < -0.4 is 0 Å². The molecule has 1 aromatic heterocycles. The van der Waals surface area contributed by atoms with Crippen molar-refractivity contribution in [2.45, 2.75) is 6.42 Å². The van der Waals surface area contributed by atoms with Gasteiger partial charge in [0.25, 0.3) is 0 Å². The van der Waals surface area contributed by atoms with Crippen LogP contribution in [0.15, 0.2) is 54.6 Å². The second kappa shape index (κ2) is 5.43. The lowest BCUT2D eigenvalue weighted by Crippen LogP contribution is -1.94. The largest absolute Gasteiger partial charge is 0.298 e. The first-order chi connectivity index (χ1) is 9.78. The van der Waals surface area contributed by atoms with Crippen molar-refractivity contribution in [2.24, 2.45) is 0 Å². The fourth-order valence-electron chi connectivity index (χ4n) is 2.29. The second-order valence-electron chi connectivity index (χ2n) is 4.64. The van der Waals surface area contributed by atoms with Crippen molar-refractivity contribution in [2.75, 3.05) is 0 Å². The predicted octanol–water partition coefficient (Wildman–Crippen LogP) is 4.29. The average molecular weight is 282 g/mol. The molecule has 3 rings (SSSR count). The molecule has 0 fully saturated rings. The van der Waals surface area contributed by atoms with Crippen molar-refractivity contribution in [3.8, 4) is 0 Å². The monoisotopic (exact) mass is 281 g/mol. The van der Waals surface area contributed by atoms with E-state index in [0.717, 1.165) is 29.2 Å². The molecule has 0 aliphatic heterocycles. The molecular formula is C17H12ClNO. The van der Waals surface area contributed by atoms with Gasteiger partial charge in [-0.05, 0) is 23.6 Å². The number of aldehydes is 1. The van der Waals surface area contributed by atoms with E-state index in [-0.39, 0.29) is 5.15 Å². The van der Waals surface area contributed by atoms with Gasteiger partial charge in [-0.15, -0.1) is 0 Å². The number of fused-ring (bicyclic) bond motifs is 1. The van der Waals surface area contributed by atoms with Crippen molar-refractivity contribution in [3.63, 3.8) is 0 Å². The average Bonchev–Trinajstić information content (AvgIpc) is 2.48. The molecular weight excluding hydrogens is 270 g/mol. The summed E-state index contributed by atoms with van der Waals surface area (Å²) in [6, 6.07) is 18.0. The van der Waals surface area contributed by atoms with E-state index >= 15 is 0 Å². The summed E-state index contributed by atoms with van der Waals surface area (Å²) in [5, 5.41) is 1.19. The first-order valence-corrected chi connectivity index (χ1v) is 6.73. The summed E-state index contributed by atoms with van der Waals surface area (Å²) >= 11 is 6.04. The Morgan fingerprint density at radius 2 is 1.85 bits per heavy atom. The molecule has 0 saturated carbocycles. The van der Waals surface area contributed by atoms with Crippen LogP contribution in [0.25, 0.3) is 10.9 Å². The first kappa shape index (κ1) is 12.8. The minimum absolute atomic E-state index is 0.257. The highest BCUT2D eigenvalue weighted by atomic mass is 35.5. The van der Waals surface area contributed by atoms with Gasteiger partial charge in [0, 0.05) is 5.39 Å². The van der Waals surface area contributed by atoms with Crippen LogP contribution in [0.5, 0.6) is 0 Å². The van der Waals surface area contributed by atoms with Crippen molar-refractivity contribution in [1.29, 1.82) is 0 Å². The number of halogens is 1. The molecule has 20 heavy (non-hydrogen) atoms. The topological polar surface area (TPSA) is 30.0 Å². The van der Waals surface area contributed by atoms with Gasteiger partial charge in [0.1, 0.15) is 5.15 Å². The van der Waals surface area contributed by atoms with Crippen LogP contribution in [0, 0.1) is 0 Å². The molecule has 98 valence electrons. The Labute approximate surface area is 122 Å². The number of nitrogens with zero attached hydrogens (tertiary/aromatic N) is 1. The van der Waals surface area contributed by atoms with Gasteiger partial charge in [-0.2, -0.15) is 0 Å². The Hall–Kier alpha value is -2.19. The van der Waals surface area contributed by atoms with Crippen LogP contribution in [0.1, 0.15) is 21.5 Å². The number of para-hydroxylation sites is 1. The van der Waals surface area contributed by atoms with E-state index in [9.17, 15) is 4.79 Å². The zero-order valence-corrected chi connectivity index (χ0v) is 11.5. The maximum absolute atomic E-state index is 10.9. The van der Waals surface area contributed by atoms with E-state index in [0.29, 0.717) is 5.56 Å². The number of pyridine rings is 1. The number of hydrogen-bond donors (Lipinski definition) is 0. The number of carbonyl (C=O) groups is 1. The molecule has 3 aromatic rings. The predicted molar refractivity (Wildman–Crippen MR) is 81.4 cm³/mol. The van der Waals surface area contributed by atoms with Crippen molar-refractivity contribution < 1.29 is 4.79 Å². The molecule has 0 atom stereocenters. The van der Waals surface area contributed by atoms with Crippen LogP contribution in [0.4, 0.5) is 0 Å². The van der Waals surface area contributed by atoms with E-state index in [1.54, 1.807) is 6.07 Å². The molecule has 0 aliphatic carbocycles. The van der Waals surface area contributed by atoms with Crippen LogP contribution in [0.2, 0.25) is 5.15 Å². The maximum Gasteiger partial charge on any atom is 0.153 e. The van der Waals surface area contributed by atoms with Gasteiger partial charge in [-0.1, -0.05) is 60.1 Å². The molecule has 0 amide bonds. The van der Waals surface area contributed by atoms with Gasteiger partial charge >= 0.3 is 0 Å². The van der Waals surface area contributed by atoms with Crippen LogP contribution in [0.3, 0.4) is 0 Å². The van der Waals surface area contributed by atoms with Gasteiger partial charge in [0.15, 0.2) is 6.29 Å². The summed E-state index contributed by atoms with van der Waals surface area (Å²) in [6.45, 7) is 0. The fraction of sp³-hybridized carbons (Fsp3) is 0.0588. The summed E-state index contributed by atoms with van der Waals surface area (Å²) in [7, 11) is 0. The lowest BCUT2D eigenvalue weighted by molar-refractivity contribution is 0.112. The molecule has 2 nitrogen and oxygen atoms in total. The van der Waals surface area contributed by atoms with E-state index in [1.165, 1.54) is 5.56 Å². The molecule has 0 aliphatic rings. The molecule has 0 bridgehead atoms. The highest BCUT2D eigenvalue weighted by Crippen LogP contribution is 2.24. The van der Waals surface area contributed by atoms with Gasteiger partial charge in [0.2, 0.25) is 0 Å². The summed E-state index contributed by atoms with van der Waals surface area (Å²) in [6.07, 6.45) is 1.53. The van der Waals surface area contributed by atoms with Gasteiger partial charge in [-0.25, -0.2) is 4.98 Å². The Bertz CT molecular complexity index is 769. The first-order valence-electron chi connectivity index (χ1n) is 6.35. The lowest BCUT2D eigenvalue weighted by atomic mass is 10.0. The normalized spacial score (nSPS) is 10.7. The molecule has 0 spiro atoms. The number of hydrogen-bond acceptors (Lipinski definition) is 2. The van der Waals surface area contributed by atoms with Gasteiger partial charge < -0.3 is 0 Å². The molecule has 0 saturated heterocycles. The van der Waals surface area contributed by atoms with Crippen molar-refractivity contribution in [3.05, 3.63) is 76.4 Å². The van der Waals surface area contributed by atoms with Crippen molar-refractivity contribution in [1.82, 2.24) is 4.98 Å². The van der Waals surface area contributed by atoms with Crippen LogP contribution in [-0.4, -0.2) is 11.3 Å². The molecule has 1 heterocycles. The Morgan fingerprint density at radius 3 is 2.60 bits per heavy atom. The standard InChI is InChI=1S/C17H12ClNO/c18-17-15(11-20)10-14-8-4-7-13(16(14)19-17)9-12-5-2-1-3-6-12/h1-8,10-11H,9H2. The third-order valence-corrected chi connectivity index (χ3v) is 3.58.